The van der Waals surface area contributed by atoms with Crippen molar-refractivity contribution in [2.24, 2.45) is 0 Å². The minimum atomic E-state index is -1.12. The topological polar surface area (TPSA) is 69.6 Å². The van der Waals surface area contributed by atoms with Crippen LogP contribution in [-0.4, -0.2) is 34.1 Å². The number of likely N-dealkylation sites (tertiary alicyclic amines) is 1. The summed E-state index contributed by atoms with van der Waals surface area (Å²) in [6, 6.07) is 7.07. The summed E-state index contributed by atoms with van der Waals surface area (Å²) in [5, 5.41) is 12.2. The molecule has 2 N–H and O–H groups in total. The number of nitrogens with zero attached hydrogens (tertiary/aromatic N) is 1. The molecule has 0 saturated carbocycles. The van der Waals surface area contributed by atoms with Gasteiger partial charge in [0.15, 0.2) is 0 Å². The molecule has 1 aliphatic rings. The first-order chi connectivity index (χ1) is 9.43. The molecule has 6 heteroatoms. The molecule has 2 amide bonds. The first-order valence-corrected chi connectivity index (χ1v) is 7.59. The first-order valence-electron chi connectivity index (χ1n) is 6.51. The molecule has 1 aromatic carbocycles. The molecule has 0 aromatic heterocycles. The van der Waals surface area contributed by atoms with Crippen molar-refractivity contribution in [1.82, 2.24) is 4.90 Å². The number of benzene rings is 1. The number of halogens is 1. The van der Waals surface area contributed by atoms with Crippen LogP contribution in [0.1, 0.15) is 26.2 Å². The lowest BCUT2D eigenvalue weighted by Gasteiger charge is -2.41. The number of carbonyl (C=O) groups is 2. The monoisotopic (exact) mass is 388 g/mol. The quantitative estimate of drug-likeness (QED) is 0.765. The van der Waals surface area contributed by atoms with Crippen molar-refractivity contribution >= 4 is 40.3 Å². The van der Waals surface area contributed by atoms with Crippen LogP contribution in [0.2, 0.25) is 0 Å². The van der Waals surface area contributed by atoms with Crippen LogP contribution in [0.3, 0.4) is 0 Å². The molecule has 1 unspecified atom stereocenters. The summed E-state index contributed by atoms with van der Waals surface area (Å²) in [5.74, 6) is -0.949. The average molecular weight is 388 g/mol. The highest BCUT2D eigenvalue weighted by Gasteiger charge is 2.43. The number of amides is 2. The van der Waals surface area contributed by atoms with Gasteiger partial charge in [0.1, 0.15) is 5.54 Å². The number of hydrogen-bond acceptors (Lipinski definition) is 2. The molecule has 1 atom stereocenters. The zero-order chi connectivity index (χ0) is 14.8. The predicted molar refractivity (Wildman–Crippen MR) is 84.8 cm³/mol. The zero-order valence-corrected chi connectivity index (χ0v) is 13.4. The molecule has 0 spiro atoms. The van der Waals surface area contributed by atoms with E-state index in [0.717, 1.165) is 16.4 Å². The normalized spacial score (nSPS) is 22.4. The summed E-state index contributed by atoms with van der Waals surface area (Å²) in [7, 11) is 0. The maximum absolute atomic E-state index is 12.3. The SMILES string of the molecule is CC1(C(=O)O)CCCCN1C(=O)Nc1cccc(I)c1. The molecule has 1 heterocycles. The Hall–Kier alpha value is -1.31. The van der Waals surface area contributed by atoms with Gasteiger partial charge in [0.2, 0.25) is 0 Å². The van der Waals surface area contributed by atoms with E-state index in [1.807, 2.05) is 18.2 Å². The Bertz CT molecular complexity index is 535. The van der Waals surface area contributed by atoms with E-state index < -0.39 is 11.5 Å². The summed E-state index contributed by atoms with van der Waals surface area (Å²) >= 11 is 2.17. The number of piperidine rings is 1. The van der Waals surface area contributed by atoms with Crippen LogP contribution >= 0.6 is 22.6 Å². The molecule has 0 bridgehead atoms. The van der Waals surface area contributed by atoms with Gasteiger partial charge >= 0.3 is 12.0 Å². The summed E-state index contributed by atoms with van der Waals surface area (Å²) in [4.78, 5) is 25.3. The molecule has 1 aromatic rings. The van der Waals surface area contributed by atoms with Crippen molar-refractivity contribution < 1.29 is 14.7 Å². The van der Waals surface area contributed by atoms with E-state index in [-0.39, 0.29) is 6.03 Å². The van der Waals surface area contributed by atoms with Gasteiger partial charge in [0, 0.05) is 15.8 Å². The van der Waals surface area contributed by atoms with Gasteiger partial charge in [-0.3, -0.25) is 0 Å². The van der Waals surface area contributed by atoms with E-state index in [1.165, 1.54) is 4.90 Å². The summed E-state index contributed by atoms with van der Waals surface area (Å²) < 4.78 is 1.01. The van der Waals surface area contributed by atoms with Crippen LogP contribution in [0.4, 0.5) is 10.5 Å². The minimum absolute atomic E-state index is 0.350. The zero-order valence-electron chi connectivity index (χ0n) is 11.2. The average Bonchev–Trinajstić information content (AvgIpc) is 2.39. The molecular formula is C14H17IN2O3. The van der Waals surface area contributed by atoms with Crippen molar-refractivity contribution in [1.29, 1.82) is 0 Å². The van der Waals surface area contributed by atoms with Gasteiger partial charge in [-0.05, 0) is 67.0 Å². The minimum Gasteiger partial charge on any atom is -0.480 e. The maximum atomic E-state index is 12.3. The van der Waals surface area contributed by atoms with Crippen LogP contribution in [0, 0.1) is 3.57 Å². The fourth-order valence-corrected chi connectivity index (χ4v) is 2.97. The molecule has 1 saturated heterocycles. The van der Waals surface area contributed by atoms with Crippen LogP contribution in [-0.2, 0) is 4.79 Å². The van der Waals surface area contributed by atoms with Gasteiger partial charge in [0.25, 0.3) is 0 Å². The fourth-order valence-electron chi connectivity index (χ4n) is 2.43. The number of carboxylic acids is 1. The summed E-state index contributed by atoms with van der Waals surface area (Å²) in [5.41, 5.74) is -0.440. The number of hydrogen-bond donors (Lipinski definition) is 2. The van der Waals surface area contributed by atoms with Crippen molar-refractivity contribution in [3.8, 4) is 0 Å². The summed E-state index contributed by atoms with van der Waals surface area (Å²) in [6.07, 6.45) is 2.15. The smallest absolute Gasteiger partial charge is 0.329 e. The highest BCUT2D eigenvalue weighted by molar-refractivity contribution is 14.1. The number of carboxylic acid groups (broad SMARTS) is 1. The van der Waals surface area contributed by atoms with E-state index in [9.17, 15) is 14.7 Å². The molecule has 108 valence electrons. The van der Waals surface area contributed by atoms with Crippen molar-refractivity contribution in [2.45, 2.75) is 31.7 Å². The maximum Gasteiger partial charge on any atom is 0.329 e. The Balaban J connectivity index is 2.16. The third-order valence-electron chi connectivity index (χ3n) is 3.67. The van der Waals surface area contributed by atoms with Gasteiger partial charge in [-0.15, -0.1) is 0 Å². The number of carbonyl (C=O) groups excluding carboxylic acids is 1. The Morgan fingerprint density at radius 1 is 1.40 bits per heavy atom. The van der Waals surface area contributed by atoms with Gasteiger partial charge < -0.3 is 15.3 Å². The Morgan fingerprint density at radius 3 is 2.80 bits per heavy atom. The van der Waals surface area contributed by atoms with E-state index in [0.29, 0.717) is 18.7 Å². The molecule has 1 fully saturated rings. The number of aliphatic carboxylic acids is 1. The summed E-state index contributed by atoms with van der Waals surface area (Å²) in [6.45, 7) is 2.08. The molecular weight excluding hydrogens is 371 g/mol. The third kappa shape index (κ3) is 3.05. The van der Waals surface area contributed by atoms with Gasteiger partial charge in [-0.2, -0.15) is 0 Å². The molecule has 5 nitrogen and oxygen atoms in total. The second-order valence-electron chi connectivity index (χ2n) is 5.13. The van der Waals surface area contributed by atoms with Crippen molar-refractivity contribution in [3.05, 3.63) is 27.8 Å². The number of urea groups is 1. The van der Waals surface area contributed by atoms with Gasteiger partial charge in [0.05, 0.1) is 0 Å². The molecule has 20 heavy (non-hydrogen) atoms. The van der Waals surface area contributed by atoms with Crippen molar-refractivity contribution in [2.75, 3.05) is 11.9 Å². The predicted octanol–water partition coefficient (Wildman–Crippen LogP) is 3.15. The third-order valence-corrected chi connectivity index (χ3v) is 4.34. The Morgan fingerprint density at radius 2 is 2.15 bits per heavy atom. The van der Waals surface area contributed by atoms with E-state index in [1.54, 1.807) is 13.0 Å². The lowest BCUT2D eigenvalue weighted by molar-refractivity contribution is -0.150. The fraction of sp³-hybridized carbons (Fsp3) is 0.429. The highest BCUT2D eigenvalue weighted by Crippen LogP contribution is 2.29. The first kappa shape index (κ1) is 15.1. The van der Waals surface area contributed by atoms with Crippen LogP contribution in [0.5, 0.6) is 0 Å². The molecule has 1 aliphatic heterocycles. The standard InChI is InChI=1S/C14H17IN2O3/c1-14(12(18)19)7-2-3-8-17(14)13(20)16-11-6-4-5-10(15)9-11/h4-6,9H,2-3,7-8H2,1H3,(H,16,20)(H,18,19). The number of rotatable bonds is 2. The van der Waals surface area contributed by atoms with E-state index >= 15 is 0 Å². The Kier molecular flexibility index (Phi) is 4.52. The van der Waals surface area contributed by atoms with Gasteiger partial charge in [-0.25, -0.2) is 9.59 Å². The number of nitrogens with one attached hydrogen (secondary N) is 1. The number of anilines is 1. The Labute approximate surface area is 131 Å². The lowest BCUT2D eigenvalue weighted by atomic mass is 9.89. The molecule has 0 aliphatic carbocycles. The highest BCUT2D eigenvalue weighted by atomic mass is 127. The molecule has 0 radical (unpaired) electrons. The second kappa shape index (κ2) is 5.99. The van der Waals surface area contributed by atoms with Crippen LogP contribution < -0.4 is 5.32 Å². The van der Waals surface area contributed by atoms with E-state index in [2.05, 4.69) is 27.9 Å². The molecule has 2 rings (SSSR count). The van der Waals surface area contributed by atoms with Gasteiger partial charge in [-0.1, -0.05) is 6.07 Å². The lowest BCUT2D eigenvalue weighted by Crippen LogP contribution is -2.58. The van der Waals surface area contributed by atoms with Crippen LogP contribution in [0.25, 0.3) is 0 Å². The largest absolute Gasteiger partial charge is 0.480 e. The van der Waals surface area contributed by atoms with E-state index in [4.69, 9.17) is 0 Å². The van der Waals surface area contributed by atoms with Crippen LogP contribution in [0.15, 0.2) is 24.3 Å². The van der Waals surface area contributed by atoms with Crippen molar-refractivity contribution in [3.63, 3.8) is 0 Å². The second-order valence-corrected chi connectivity index (χ2v) is 6.37.